The van der Waals surface area contributed by atoms with Crippen LogP contribution in [-0.4, -0.2) is 28.9 Å². The highest BCUT2D eigenvalue weighted by molar-refractivity contribution is 5.84. The number of carboxylic acids is 1. The minimum Gasteiger partial charge on any atom is -0.480 e. The number of carbonyl (C=O) groups excluding carboxylic acids is 2. The fraction of sp³-hybridized carbons (Fsp3) is 0.389. The molecule has 0 aliphatic carbocycles. The van der Waals surface area contributed by atoms with E-state index in [0.717, 1.165) is 11.1 Å². The molecule has 1 rings (SSSR count). The molecule has 2 amide bonds. The Balaban J connectivity index is 2.79. The van der Waals surface area contributed by atoms with Crippen molar-refractivity contribution in [3.05, 3.63) is 48.0 Å². The van der Waals surface area contributed by atoms with Crippen molar-refractivity contribution in [2.45, 2.75) is 45.2 Å². The minimum atomic E-state index is -1.09. The summed E-state index contributed by atoms with van der Waals surface area (Å²) in [5, 5.41) is 14.4. The van der Waals surface area contributed by atoms with Gasteiger partial charge in [0.1, 0.15) is 6.04 Å². The predicted octanol–water partition coefficient (Wildman–Crippen LogP) is 2.10. The van der Waals surface area contributed by atoms with Gasteiger partial charge in [-0.2, -0.15) is 0 Å². The second-order valence-corrected chi connectivity index (χ2v) is 5.69. The standard InChI is InChI=1S/C18H24N2O4/c1-4-5-6-15(18(23)24)20-17(22)11-16(19-13(3)21)14-9-7-12(2)8-10-14/h4,7-10,15-16H,1,5-6,11H2,2-3H3,(H,19,21)(H,20,22)(H,23,24). The third-order valence-corrected chi connectivity index (χ3v) is 3.54. The monoisotopic (exact) mass is 332 g/mol. The molecule has 0 aliphatic heterocycles. The molecule has 1 aromatic rings. The van der Waals surface area contributed by atoms with Crippen LogP contribution in [0.3, 0.4) is 0 Å². The van der Waals surface area contributed by atoms with Gasteiger partial charge in [0.25, 0.3) is 0 Å². The summed E-state index contributed by atoms with van der Waals surface area (Å²) in [7, 11) is 0. The second kappa shape index (κ2) is 9.50. The van der Waals surface area contributed by atoms with E-state index >= 15 is 0 Å². The zero-order valence-electron chi connectivity index (χ0n) is 14.0. The van der Waals surface area contributed by atoms with E-state index in [1.807, 2.05) is 31.2 Å². The highest BCUT2D eigenvalue weighted by Crippen LogP contribution is 2.18. The second-order valence-electron chi connectivity index (χ2n) is 5.69. The number of aliphatic carboxylic acids is 1. The van der Waals surface area contributed by atoms with Crippen LogP contribution in [0.1, 0.15) is 43.4 Å². The topological polar surface area (TPSA) is 95.5 Å². The third kappa shape index (κ3) is 6.64. The lowest BCUT2D eigenvalue weighted by Crippen LogP contribution is -2.42. The molecule has 6 heteroatoms. The van der Waals surface area contributed by atoms with Crippen LogP contribution in [0.25, 0.3) is 0 Å². The number of allylic oxidation sites excluding steroid dienone is 1. The van der Waals surface area contributed by atoms with Gasteiger partial charge in [-0.1, -0.05) is 35.9 Å². The summed E-state index contributed by atoms with van der Waals surface area (Å²) < 4.78 is 0. The average molecular weight is 332 g/mol. The molecular formula is C18H24N2O4. The van der Waals surface area contributed by atoms with Gasteiger partial charge in [0.2, 0.25) is 11.8 Å². The van der Waals surface area contributed by atoms with Crippen LogP contribution < -0.4 is 10.6 Å². The number of amides is 2. The van der Waals surface area contributed by atoms with Gasteiger partial charge in [0, 0.05) is 6.92 Å². The summed E-state index contributed by atoms with van der Waals surface area (Å²) in [6.07, 6.45) is 2.35. The number of aryl methyl sites for hydroxylation is 1. The average Bonchev–Trinajstić information content (AvgIpc) is 2.50. The van der Waals surface area contributed by atoms with Gasteiger partial charge in [-0.3, -0.25) is 9.59 Å². The van der Waals surface area contributed by atoms with Crippen LogP contribution in [0, 0.1) is 6.92 Å². The van der Waals surface area contributed by atoms with Crippen molar-refractivity contribution in [2.75, 3.05) is 0 Å². The number of hydrogen-bond donors (Lipinski definition) is 3. The van der Waals surface area contributed by atoms with Gasteiger partial charge in [0.05, 0.1) is 12.5 Å². The van der Waals surface area contributed by atoms with Gasteiger partial charge >= 0.3 is 5.97 Å². The van der Waals surface area contributed by atoms with Crippen molar-refractivity contribution in [1.82, 2.24) is 10.6 Å². The Hall–Kier alpha value is -2.63. The van der Waals surface area contributed by atoms with Crippen LogP contribution in [-0.2, 0) is 14.4 Å². The molecule has 3 N–H and O–H groups in total. The highest BCUT2D eigenvalue weighted by Gasteiger charge is 2.22. The molecule has 24 heavy (non-hydrogen) atoms. The number of carbonyl (C=O) groups is 3. The van der Waals surface area contributed by atoms with Crippen molar-refractivity contribution in [3.63, 3.8) is 0 Å². The van der Waals surface area contributed by atoms with E-state index in [-0.39, 0.29) is 18.7 Å². The zero-order valence-corrected chi connectivity index (χ0v) is 14.0. The molecule has 0 fully saturated rings. The van der Waals surface area contributed by atoms with Gasteiger partial charge in [-0.15, -0.1) is 6.58 Å². The fourth-order valence-corrected chi connectivity index (χ4v) is 2.28. The van der Waals surface area contributed by atoms with Crippen molar-refractivity contribution < 1.29 is 19.5 Å². The molecule has 0 heterocycles. The molecule has 0 spiro atoms. The van der Waals surface area contributed by atoms with Crippen molar-refractivity contribution >= 4 is 17.8 Å². The van der Waals surface area contributed by atoms with Crippen LogP contribution in [0.15, 0.2) is 36.9 Å². The summed E-state index contributed by atoms with van der Waals surface area (Å²) in [5.74, 6) is -1.77. The van der Waals surface area contributed by atoms with Gasteiger partial charge in [-0.25, -0.2) is 4.79 Å². The van der Waals surface area contributed by atoms with E-state index < -0.39 is 24.0 Å². The quantitative estimate of drug-likeness (QED) is 0.603. The maximum Gasteiger partial charge on any atom is 0.326 e. The van der Waals surface area contributed by atoms with Crippen LogP contribution in [0.2, 0.25) is 0 Å². The molecule has 2 unspecified atom stereocenters. The normalized spacial score (nSPS) is 12.8. The first-order chi connectivity index (χ1) is 11.3. The fourth-order valence-electron chi connectivity index (χ4n) is 2.28. The molecular weight excluding hydrogens is 308 g/mol. The molecule has 0 aliphatic rings. The molecule has 6 nitrogen and oxygen atoms in total. The van der Waals surface area contributed by atoms with Crippen LogP contribution in [0.5, 0.6) is 0 Å². The predicted molar refractivity (Wildman–Crippen MR) is 91.4 cm³/mol. The minimum absolute atomic E-state index is 0.0273. The summed E-state index contributed by atoms with van der Waals surface area (Å²) in [5.41, 5.74) is 1.86. The summed E-state index contributed by atoms with van der Waals surface area (Å²) >= 11 is 0. The number of rotatable bonds is 9. The Morgan fingerprint density at radius 3 is 2.33 bits per heavy atom. The lowest BCUT2D eigenvalue weighted by molar-refractivity contribution is -0.142. The molecule has 0 bridgehead atoms. The Bertz CT molecular complexity index is 596. The molecule has 1 aromatic carbocycles. The van der Waals surface area contributed by atoms with Crippen molar-refractivity contribution in [2.24, 2.45) is 0 Å². The molecule has 130 valence electrons. The van der Waals surface area contributed by atoms with Gasteiger partial charge < -0.3 is 15.7 Å². The molecule has 0 saturated carbocycles. The number of carboxylic acid groups (broad SMARTS) is 1. The lowest BCUT2D eigenvalue weighted by atomic mass is 10.0. The van der Waals surface area contributed by atoms with Crippen molar-refractivity contribution in [3.8, 4) is 0 Å². The summed E-state index contributed by atoms with van der Waals surface area (Å²) in [4.78, 5) is 34.8. The summed E-state index contributed by atoms with van der Waals surface area (Å²) in [6, 6.07) is 6.01. The first-order valence-electron chi connectivity index (χ1n) is 7.80. The molecule has 0 radical (unpaired) electrons. The maximum absolute atomic E-state index is 12.2. The van der Waals surface area contributed by atoms with Crippen LogP contribution in [0.4, 0.5) is 0 Å². The third-order valence-electron chi connectivity index (χ3n) is 3.54. The van der Waals surface area contributed by atoms with Gasteiger partial charge in [0.15, 0.2) is 0 Å². The maximum atomic E-state index is 12.2. The van der Waals surface area contributed by atoms with E-state index in [0.29, 0.717) is 6.42 Å². The Morgan fingerprint density at radius 2 is 1.83 bits per heavy atom. The smallest absolute Gasteiger partial charge is 0.326 e. The first kappa shape index (κ1) is 19.4. The van der Waals surface area contributed by atoms with E-state index in [1.54, 1.807) is 6.08 Å². The van der Waals surface area contributed by atoms with Crippen molar-refractivity contribution in [1.29, 1.82) is 0 Å². The zero-order chi connectivity index (χ0) is 18.1. The highest BCUT2D eigenvalue weighted by atomic mass is 16.4. The number of hydrogen-bond acceptors (Lipinski definition) is 3. The molecule has 0 aromatic heterocycles. The largest absolute Gasteiger partial charge is 0.480 e. The Labute approximate surface area is 141 Å². The summed E-state index contributed by atoms with van der Waals surface area (Å²) in [6.45, 7) is 6.87. The van der Waals surface area contributed by atoms with E-state index in [2.05, 4.69) is 17.2 Å². The first-order valence-corrected chi connectivity index (χ1v) is 7.80. The SMILES string of the molecule is C=CCCC(NC(=O)CC(NC(C)=O)c1ccc(C)cc1)C(=O)O. The number of nitrogens with one attached hydrogen (secondary N) is 2. The van der Waals surface area contributed by atoms with Crippen LogP contribution >= 0.6 is 0 Å². The van der Waals surface area contributed by atoms with E-state index in [9.17, 15) is 14.4 Å². The Morgan fingerprint density at radius 1 is 1.21 bits per heavy atom. The Kier molecular flexibility index (Phi) is 7.68. The lowest BCUT2D eigenvalue weighted by Gasteiger charge is -2.20. The van der Waals surface area contributed by atoms with Gasteiger partial charge in [-0.05, 0) is 25.3 Å². The molecule has 2 atom stereocenters. The van der Waals surface area contributed by atoms with E-state index in [4.69, 9.17) is 5.11 Å². The van der Waals surface area contributed by atoms with E-state index in [1.165, 1.54) is 6.92 Å². The number of benzene rings is 1. The molecule has 0 saturated heterocycles.